The fourth-order valence-electron chi connectivity index (χ4n) is 2.58. The molecule has 1 saturated heterocycles. The molecular formula is C17H21ClN2O. The molecule has 3 rings (SSSR count). The van der Waals surface area contributed by atoms with E-state index in [1.807, 2.05) is 19.1 Å². The molecule has 1 fully saturated rings. The van der Waals surface area contributed by atoms with Crippen molar-refractivity contribution in [2.45, 2.75) is 13.5 Å². The number of fused-ring (bicyclic) bond motifs is 1. The van der Waals surface area contributed by atoms with Crippen LogP contribution in [0.15, 0.2) is 42.5 Å². The lowest BCUT2D eigenvalue weighted by Crippen LogP contribution is -2.49. The molecule has 2 aromatic carbocycles. The van der Waals surface area contributed by atoms with E-state index in [0.717, 1.165) is 18.7 Å². The van der Waals surface area contributed by atoms with E-state index in [1.54, 1.807) is 0 Å². The first-order chi connectivity index (χ1) is 9.74. The zero-order valence-electron chi connectivity index (χ0n) is 12.1. The summed E-state index contributed by atoms with van der Waals surface area (Å²) in [6.45, 7) is 4.55. The minimum absolute atomic E-state index is 0. The van der Waals surface area contributed by atoms with Crippen LogP contribution in [0.25, 0.3) is 10.8 Å². The Balaban J connectivity index is 0.00000161. The molecule has 0 spiro atoms. The molecule has 0 radical (unpaired) electrons. The average Bonchev–Trinajstić information content (AvgIpc) is 2.42. The van der Waals surface area contributed by atoms with Crippen LogP contribution in [0.3, 0.4) is 0 Å². The number of carbonyl (C=O) groups is 1. The zero-order valence-corrected chi connectivity index (χ0v) is 13.0. The van der Waals surface area contributed by atoms with Gasteiger partial charge in [0.2, 0.25) is 5.91 Å². The van der Waals surface area contributed by atoms with Crippen LogP contribution in [-0.4, -0.2) is 19.0 Å². The maximum Gasteiger partial charge on any atom is 0.223 e. The minimum Gasteiger partial charge on any atom is -0.352 e. The highest BCUT2D eigenvalue weighted by Gasteiger charge is 2.28. The van der Waals surface area contributed by atoms with Crippen LogP contribution in [0.2, 0.25) is 0 Å². The second-order valence-electron chi connectivity index (χ2n) is 5.61. The minimum atomic E-state index is 0. The topological polar surface area (TPSA) is 41.1 Å². The number of rotatable bonds is 4. The number of hydrogen-bond acceptors (Lipinski definition) is 2. The summed E-state index contributed by atoms with van der Waals surface area (Å²) in [4.78, 5) is 12.1. The third-order valence-corrected chi connectivity index (χ3v) is 4.21. The number of nitrogens with one attached hydrogen (secondary N) is 2. The molecule has 4 heteroatoms. The van der Waals surface area contributed by atoms with Crippen LogP contribution in [-0.2, 0) is 11.3 Å². The molecule has 1 aliphatic rings. The summed E-state index contributed by atoms with van der Waals surface area (Å²) >= 11 is 0. The molecule has 21 heavy (non-hydrogen) atoms. The Hall–Kier alpha value is -1.58. The van der Waals surface area contributed by atoms with Crippen molar-refractivity contribution in [1.29, 1.82) is 0 Å². The van der Waals surface area contributed by atoms with Crippen molar-refractivity contribution in [2.75, 3.05) is 13.1 Å². The Kier molecular flexibility index (Phi) is 5.21. The Morgan fingerprint density at radius 3 is 2.62 bits per heavy atom. The third-order valence-electron chi connectivity index (χ3n) is 4.21. The van der Waals surface area contributed by atoms with Crippen LogP contribution >= 0.6 is 12.4 Å². The van der Waals surface area contributed by atoms with Gasteiger partial charge in [0.15, 0.2) is 0 Å². The van der Waals surface area contributed by atoms with Gasteiger partial charge in [-0.1, -0.05) is 43.3 Å². The summed E-state index contributed by atoms with van der Waals surface area (Å²) in [5.74, 6) is 0.743. The quantitative estimate of drug-likeness (QED) is 0.912. The summed E-state index contributed by atoms with van der Waals surface area (Å²) in [6.07, 6.45) is 0. The standard InChI is InChI=1S/C17H20N2O.ClH/c1-12(16-10-18-11-16)17(20)19-9-13-6-7-14-4-2-3-5-15(14)8-13;/h2-8,12,16,18H,9-11H2,1H3,(H,19,20);1H. The summed E-state index contributed by atoms with van der Waals surface area (Å²) in [5, 5.41) is 8.71. The lowest BCUT2D eigenvalue weighted by atomic mass is 9.88. The molecule has 0 aliphatic carbocycles. The lowest BCUT2D eigenvalue weighted by Gasteiger charge is -2.31. The SMILES string of the molecule is CC(C(=O)NCc1ccc2ccccc2c1)C1CNC1.Cl. The molecule has 1 heterocycles. The molecule has 2 aromatic rings. The summed E-state index contributed by atoms with van der Waals surface area (Å²) in [5.41, 5.74) is 1.15. The normalized spacial score (nSPS) is 15.9. The second-order valence-corrected chi connectivity index (χ2v) is 5.61. The van der Waals surface area contributed by atoms with Crippen molar-refractivity contribution in [3.05, 3.63) is 48.0 Å². The van der Waals surface area contributed by atoms with Gasteiger partial charge < -0.3 is 10.6 Å². The van der Waals surface area contributed by atoms with E-state index in [4.69, 9.17) is 0 Å². The summed E-state index contributed by atoms with van der Waals surface area (Å²) in [7, 11) is 0. The Morgan fingerprint density at radius 1 is 1.24 bits per heavy atom. The van der Waals surface area contributed by atoms with Crippen LogP contribution in [0.4, 0.5) is 0 Å². The van der Waals surface area contributed by atoms with E-state index in [9.17, 15) is 4.79 Å². The van der Waals surface area contributed by atoms with Gasteiger partial charge in [-0.15, -0.1) is 12.4 Å². The molecule has 112 valence electrons. The molecule has 0 aromatic heterocycles. The van der Waals surface area contributed by atoms with E-state index < -0.39 is 0 Å². The lowest BCUT2D eigenvalue weighted by molar-refractivity contribution is -0.126. The third kappa shape index (κ3) is 3.55. The van der Waals surface area contributed by atoms with Crippen molar-refractivity contribution in [3.63, 3.8) is 0 Å². The van der Waals surface area contributed by atoms with Gasteiger partial charge in [-0.3, -0.25) is 4.79 Å². The maximum absolute atomic E-state index is 12.1. The maximum atomic E-state index is 12.1. The Labute approximate surface area is 131 Å². The van der Waals surface area contributed by atoms with E-state index in [2.05, 4.69) is 41.0 Å². The zero-order chi connectivity index (χ0) is 13.9. The molecule has 1 unspecified atom stereocenters. The van der Waals surface area contributed by atoms with Crippen molar-refractivity contribution < 1.29 is 4.79 Å². The molecule has 1 aliphatic heterocycles. The van der Waals surface area contributed by atoms with Crippen molar-refractivity contribution in [3.8, 4) is 0 Å². The van der Waals surface area contributed by atoms with Gasteiger partial charge in [0, 0.05) is 12.5 Å². The first-order valence-corrected chi connectivity index (χ1v) is 7.20. The largest absolute Gasteiger partial charge is 0.352 e. The van der Waals surface area contributed by atoms with Crippen molar-refractivity contribution in [2.24, 2.45) is 11.8 Å². The van der Waals surface area contributed by atoms with Crippen LogP contribution in [0.1, 0.15) is 12.5 Å². The molecule has 3 nitrogen and oxygen atoms in total. The van der Waals surface area contributed by atoms with Crippen LogP contribution in [0, 0.1) is 11.8 Å². The molecule has 0 saturated carbocycles. The van der Waals surface area contributed by atoms with Gasteiger partial charge in [-0.25, -0.2) is 0 Å². The van der Waals surface area contributed by atoms with Gasteiger partial charge in [0.1, 0.15) is 0 Å². The molecule has 2 N–H and O–H groups in total. The first kappa shape index (κ1) is 15.8. The van der Waals surface area contributed by atoms with E-state index in [-0.39, 0.29) is 24.2 Å². The highest BCUT2D eigenvalue weighted by atomic mass is 35.5. The van der Waals surface area contributed by atoms with Gasteiger partial charge in [0.05, 0.1) is 0 Å². The number of benzene rings is 2. The summed E-state index contributed by atoms with van der Waals surface area (Å²) < 4.78 is 0. The van der Waals surface area contributed by atoms with E-state index >= 15 is 0 Å². The molecule has 0 bridgehead atoms. The van der Waals surface area contributed by atoms with Crippen molar-refractivity contribution >= 4 is 29.1 Å². The number of carbonyl (C=O) groups excluding carboxylic acids is 1. The predicted molar refractivity (Wildman–Crippen MR) is 88.6 cm³/mol. The Morgan fingerprint density at radius 2 is 1.95 bits per heavy atom. The highest BCUT2D eigenvalue weighted by Crippen LogP contribution is 2.17. The van der Waals surface area contributed by atoms with Crippen LogP contribution in [0.5, 0.6) is 0 Å². The number of halogens is 1. The monoisotopic (exact) mass is 304 g/mol. The smallest absolute Gasteiger partial charge is 0.223 e. The van der Waals surface area contributed by atoms with E-state index in [1.165, 1.54) is 10.8 Å². The van der Waals surface area contributed by atoms with Gasteiger partial charge in [-0.05, 0) is 41.4 Å². The van der Waals surface area contributed by atoms with Gasteiger partial charge in [-0.2, -0.15) is 0 Å². The number of amides is 1. The fraction of sp³-hybridized carbons (Fsp3) is 0.353. The Bertz CT molecular complexity index is 625. The fourth-order valence-corrected chi connectivity index (χ4v) is 2.58. The van der Waals surface area contributed by atoms with Gasteiger partial charge in [0.25, 0.3) is 0 Å². The average molecular weight is 305 g/mol. The first-order valence-electron chi connectivity index (χ1n) is 7.20. The van der Waals surface area contributed by atoms with Crippen molar-refractivity contribution in [1.82, 2.24) is 10.6 Å². The molecular weight excluding hydrogens is 284 g/mol. The predicted octanol–water partition coefficient (Wildman–Crippen LogP) is 2.73. The molecule has 1 atom stereocenters. The number of hydrogen-bond donors (Lipinski definition) is 2. The van der Waals surface area contributed by atoms with Crippen LogP contribution < -0.4 is 10.6 Å². The van der Waals surface area contributed by atoms with E-state index in [0.29, 0.717) is 12.5 Å². The summed E-state index contributed by atoms with van der Waals surface area (Å²) in [6, 6.07) is 14.6. The highest BCUT2D eigenvalue weighted by molar-refractivity contribution is 5.85. The molecule has 1 amide bonds. The van der Waals surface area contributed by atoms with Gasteiger partial charge >= 0.3 is 0 Å². The second kappa shape index (κ2) is 6.92.